The average Bonchev–Trinajstić information content (AvgIpc) is 2.44. The fourth-order valence-corrected chi connectivity index (χ4v) is 2.30. The number of hydrogen-bond donors (Lipinski definition) is 1. The summed E-state index contributed by atoms with van der Waals surface area (Å²) in [6.07, 6.45) is -1.10. The van der Waals surface area contributed by atoms with Crippen molar-refractivity contribution in [3.63, 3.8) is 0 Å². The van der Waals surface area contributed by atoms with Crippen molar-refractivity contribution in [2.45, 2.75) is 45.2 Å². The molecule has 2 amide bonds. The second-order valence-electron chi connectivity index (χ2n) is 6.20. The van der Waals surface area contributed by atoms with Crippen molar-refractivity contribution in [3.05, 3.63) is 35.9 Å². The molecule has 2 rings (SSSR count). The highest BCUT2D eigenvalue weighted by Gasteiger charge is 2.49. The van der Waals surface area contributed by atoms with Crippen LogP contribution in [0.4, 0.5) is 4.79 Å². The van der Waals surface area contributed by atoms with Gasteiger partial charge in [-0.25, -0.2) is 4.79 Å². The normalized spacial score (nSPS) is 21.3. The molecule has 1 saturated heterocycles. The third-order valence-electron chi connectivity index (χ3n) is 3.25. The van der Waals surface area contributed by atoms with Crippen LogP contribution in [-0.2, 0) is 20.8 Å². The minimum absolute atomic E-state index is 0.179. The Balaban J connectivity index is 1.95. The Labute approximate surface area is 130 Å². The van der Waals surface area contributed by atoms with Gasteiger partial charge in [0.15, 0.2) is 12.3 Å². The highest BCUT2D eigenvalue weighted by molar-refractivity contribution is 5.91. The number of alkyl carbamates (subject to hydrolysis) is 1. The third-order valence-corrected chi connectivity index (χ3v) is 3.25. The molecule has 0 bridgehead atoms. The second-order valence-corrected chi connectivity index (χ2v) is 6.20. The minimum Gasteiger partial charge on any atom is -0.444 e. The SMILES string of the molecule is CO[C@H]1[C@H](NC(=O)OC(C)(C)C)C(=O)N1Cc1ccccc1. The first-order valence-electron chi connectivity index (χ1n) is 7.18. The van der Waals surface area contributed by atoms with Gasteiger partial charge in [0.25, 0.3) is 5.91 Å². The van der Waals surface area contributed by atoms with E-state index < -0.39 is 24.0 Å². The Morgan fingerprint density at radius 3 is 2.45 bits per heavy atom. The smallest absolute Gasteiger partial charge is 0.408 e. The zero-order valence-corrected chi connectivity index (χ0v) is 13.3. The lowest BCUT2D eigenvalue weighted by Gasteiger charge is -2.45. The Bertz CT molecular complexity index is 539. The van der Waals surface area contributed by atoms with Crippen LogP contribution in [0.2, 0.25) is 0 Å². The predicted molar refractivity (Wildman–Crippen MR) is 80.9 cm³/mol. The largest absolute Gasteiger partial charge is 0.444 e. The summed E-state index contributed by atoms with van der Waals surface area (Å²) in [5, 5.41) is 2.56. The number of benzene rings is 1. The van der Waals surface area contributed by atoms with Crippen LogP contribution >= 0.6 is 0 Å². The summed E-state index contributed by atoms with van der Waals surface area (Å²) in [6.45, 7) is 5.75. The monoisotopic (exact) mass is 306 g/mol. The van der Waals surface area contributed by atoms with Crippen LogP contribution < -0.4 is 5.32 Å². The number of rotatable bonds is 4. The van der Waals surface area contributed by atoms with E-state index >= 15 is 0 Å². The topological polar surface area (TPSA) is 67.9 Å². The summed E-state index contributed by atoms with van der Waals surface area (Å²) in [7, 11) is 1.51. The maximum atomic E-state index is 12.2. The molecule has 2 atom stereocenters. The van der Waals surface area contributed by atoms with E-state index in [4.69, 9.17) is 9.47 Å². The highest BCUT2D eigenvalue weighted by Crippen LogP contribution is 2.24. The Hall–Kier alpha value is -2.08. The van der Waals surface area contributed by atoms with Gasteiger partial charge in [0, 0.05) is 13.7 Å². The van der Waals surface area contributed by atoms with Crippen molar-refractivity contribution in [1.29, 1.82) is 0 Å². The lowest BCUT2D eigenvalue weighted by Crippen LogP contribution is -2.71. The average molecular weight is 306 g/mol. The molecule has 1 fully saturated rings. The van der Waals surface area contributed by atoms with Crippen LogP contribution in [0.15, 0.2) is 30.3 Å². The van der Waals surface area contributed by atoms with Gasteiger partial charge < -0.3 is 19.7 Å². The van der Waals surface area contributed by atoms with E-state index in [2.05, 4.69) is 5.32 Å². The molecule has 6 nitrogen and oxygen atoms in total. The number of nitrogens with one attached hydrogen (secondary N) is 1. The molecule has 1 aromatic carbocycles. The summed E-state index contributed by atoms with van der Waals surface area (Å²) < 4.78 is 10.5. The summed E-state index contributed by atoms with van der Waals surface area (Å²) >= 11 is 0. The zero-order valence-electron chi connectivity index (χ0n) is 13.3. The molecule has 1 heterocycles. The Morgan fingerprint density at radius 1 is 1.27 bits per heavy atom. The van der Waals surface area contributed by atoms with E-state index in [9.17, 15) is 9.59 Å². The molecule has 22 heavy (non-hydrogen) atoms. The third kappa shape index (κ3) is 3.76. The van der Waals surface area contributed by atoms with Gasteiger partial charge >= 0.3 is 6.09 Å². The van der Waals surface area contributed by atoms with Crippen molar-refractivity contribution in [3.8, 4) is 0 Å². The van der Waals surface area contributed by atoms with Crippen molar-refractivity contribution >= 4 is 12.0 Å². The van der Waals surface area contributed by atoms with E-state index in [1.54, 1.807) is 25.7 Å². The Kier molecular flexibility index (Phi) is 4.71. The number of carbonyl (C=O) groups excluding carboxylic acids is 2. The van der Waals surface area contributed by atoms with Crippen molar-refractivity contribution < 1.29 is 19.1 Å². The van der Waals surface area contributed by atoms with Crippen molar-refractivity contribution in [2.24, 2.45) is 0 Å². The van der Waals surface area contributed by atoms with Crippen molar-refractivity contribution in [2.75, 3.05) is 7.11 Å². The predicted octanol–water partition coefficient (Wildman–Crippen LogP) is 1.89. The maximum Gasteiger partial charge on any atom is 0.408 e. The van der Waals surface area contributed by atoms with Gasteiger partial charge in [-0.05, 0) is 26.3 Å². The second kappa shape index (κ2) is 6.36. The number of ether oxygens (including phenoxy) is 2. The molecular formula is C16H22N2O4. The number of nitrogens with zero attached hydrogens (tertiary/aromatic N) is 1. The number of likely N-dealkylation sites (tertiary alicyclic amines) is 1. The molecular weight excluding hydrogens is 284 g/mol. The molecule has 1 N–H and O–H groups in total. The lowest BCUT2D eigenvalue weighted by molar-refractivity contribution is -0.180. The first-order valence-corrected chi connectivity index (χ1v) is 7.18. The molecule has 1 aliphatic rings. The number of carbonyl (C=O) groups is 2. The summed E-state index contributed by atoms with van der Waals surface area (Å²) in [6, 6.07) is 8.92. The van der Waals surface area contributed by atoms with Gasteiger partial charge in [-0.1, -0.05) is 30.3 Å². The van der Waals surface area contributed by atoms with Crippen LogP contribution in [0.3, 0.4) is 0 Å². The molecule has 6 heteroatoms. The number of β-lactam (4-membered cyclic amide) rings is 1. The quantitative estimate of drug-likeness (QED) is 0.863. The minimum atomic E-state index is -0.705. The molecule has 0 aromatic heterocycles. The number of methoxy groups -OCH3 is 1. The van der Waals surface area contributed by atoms with Gasteiger partial charge in [0.1, 0.15) is 5.60 Å². The maximum absolute atomic E-state index is 12.2. The lowest BCUT2D eigenvalue weighted by atomic mass is 10.0. The highest BCUT2D eigenvalue weighted by atomic mass is 16.6. The summed E-state index contributed by atoms with van der Waals surface area (Å²) in [5.41, 5.74) is 0.400. The molecule has 0 spiro atoms. The molecule has 1 aromatic rings. The van der Waals surface area contributed by atoms with E-state index in [0.29, 0.717) is 6.54 Å². The molecule has 1 aliphatic heterocycles. The van der Waals surface area contributed by atoms with Gasteiger partial charge in [-0.2, -0.15) is 0 Å². The zero-order chi connectivity index (χ0) is 16.3. The standard InChI is InChI=1S/C16H22N2O4/c1-16(2,3)22-15(20)17-12-13(19)18(14(12)21-4)10-11-8-6-5-7-9-11/h5-9,12,14H,10H2,1-4H3,(H,17,20)/t12-,14+/m1/s1. The van der Waals surface area contributed by atoms with Crippen LogP contribution in [0, 0.1) is 0 Å². The number of hydrogen-bond acceptors (Lipinski definition) is 4. The molecule has 0 saturated carbocycles. The van der Waals surface area contributed by atoms with Crippen LogP contribution in [0.1, 0.15) is 26.3 Å². The fraction of sp³-hybridized carbons (Fsp3) is 0.500. The van der Waals surface area contributed by atoms with Gasteiger partial charge in [0.2, 0.25) is 0 Å². The first kappa shape index (κ1) is 16.3. The van der Waals surface area contributed by atoms with E-state index in [1.165, 1.54) is 7.11 Å². The molecule has 0 radical (unpaired) electrons. The molecule has 0 aliphatic carbocycles. The van der Waals surface area contributed by atoms with E-state index in [-0.39, 0.29) is 5.91 Å². The fourth-order valence-electron chi connectivity index (χ4n) is 2.30. The first-order chi connectivity index (χ1) is 10.3. The van der Waals surface area contributed by atoms with E-state index in [0.717, 1.165) is 5.56 Å². The van der Waals surface area contributed by atoms with Gasteiger partial charge in [-0.15, -0.1) is 0 Å². The van der Waals surface area contributed by atoms with Gasteiger partial charge in [0.05, 0.1) is 0 Å². The van der Waals surface area contributed by atoms with Crippen LogP contribution in [0.5, 0.6) is 0 Å². The number of amides is 2. The molecule has 0 unspecified atom stereocenters. The summed E-state index contributed by atoms with van der Waals surface area (Å²) in [5.74, 6) is -0.179. The Morgan fingerprint density at radius 2 is 1.91 bits per heavy atom. The van der Waals surface area contributed by atoms with Crippen LogP contribution in [0.25, 0.3) is 0 Å². The van der Waals surface area contributed by atoms with Crippen LogP contribution in [-0.4, -0.2) is 41.9 Å². The molecule has 120 valence electrons. The summed E-state index contributed by atoms with van der Waals surface area (Å²) in [4.78, 5) is 25.6. The van der Waals surface area contributed by atoms with Gasteiger partial charge in [-0.3, -0.25) is 4.79 Å². The van der Waals surface area contributed by atoms with Crippen molar-refractivity contribution in [1.82, 2.24) is 10.2 Å². The van der Waals surface area contributed by atoms with E-state index in [1.807, 2.05) is 30.3 Å².